The molecule has 0 aromatic heterocycles. The van der Waals surface area contributed by atoms with Crippen LogP contribution in [0.15, 0.2) is 146 Å². The van der Waals surface area contributed by atoms with Crippen molar-refractivity contribution in [1.82, 2.24) is 19.6 Å². The summed E-state index contributed by atoms with van der Waals surface area (Å²) < 4.78 is 52.3. The van der Waals surface area contributed by atoms with Gasteiger partial charge in [0.05, 0.1) is 43.1 Å². The molecule has 0 saturated carbocycles. The van der Waals surface area contributed by atoms with E-state index in [0.717, 1.165) is 27.2 Å². The van der Waals surface area contributed by atoms with Crippen LogP contribution in [0.5, 0.6) is 46.0 Å². The van der Waals surface area contributed by atoms with Gasteiger partial charge in [-0.3, -0.25) is 33.8 Å². The molecule has 0 radical (unpaired) electrons. The summed E-state index contributed by atoms with van der Waals surface area (Å²) >= 11 is 0. The van der Waals surface area contributed by atoms with Gasteiger partial charge in [-0.15, -0.1) is 0 Å². The zero-order valence-corrected chi connectivity index (χ0v) is 72.3. The molecule has 3 unspecified atom stereocenters. The lowest BCUT2D eigenvalue weighted by atomic mass is 9.80. The summed E-state index contributed by atoms with van der Waals surface area (Å²) in [7, 11) is 0. The molecule has 9 aromatic rings. The molecule has 20 nitrogen and oxygen atoms in total. The van der Waals surface area contributed by atoms with Gasteiger partial charge in [0.1, 0.15) is 71.3 Å². The molecule has 2 heterocycles. The summed E-state index contributed by atoms with van der Waals surface area (Å²) in [6.07, 6.45) is 1.76. The first-order chi connectivity index (χ1) is 55.9. The Labute approximate surface area is 695 Å². The third kappa shape index (κ3) is 19.0. The SMILES string of the molecule is C=C(C)C(=O)OCCOCCN(CCC)C(=O)C(CCCC)N1C(=O)c2cc(Oc3ccc(C(C)(C)C)cc3)c3c4c(Oc5ccc(C(C)(C)C)cc5)cc5c6c(cc(Oc7ccc(C(C)(C)C)cc7)c(c7c(Oc8ccc(C(C)(C)C)cc8)cc(c2c37)C1=O)c64)C(O)N(C(CCCC)C(=O)N(CCC)CCOCCOC(=O)C(=C)C)C5=O. The predicted molar refractivity (Wildman–Crippen MR) is 464 cm³/mol. The van der Waals surface area contributed by atoms with Crippen molar-refractivity contribution in [2.75, 3.05) is 65.8 Å². The second-order valence-electron chi connectivity index (χ2n) is 35.3. The van der Waals surface area contributed by atoms with Crippen LogP contribution in [0, 0.1) is 0 Å². The van der Waals surface area contributed by atoms with Gasteiger partial charge in [0, 0.05) is 86.0 Å². The number of rotatable bonds is 36. The largest absolute Gasteiger partial charge is 0.460 e. The van der Waals surface area contributed by atoms with Crippen molar-refractivity contribution in [1.29, 1.82) is 0 Å². The van der Waals surface area contributed by atoms with E-state index in [9.17, 15) is 14.7 Å². The number of imide groups is 1. The molecule has 2 aliphatic rings. The fourth-order valence-electron chi connectivity index (χ4n) is 15.5. The molecule has 626 valence electrons. The first-order valence-corrected chi connectivity index (χ1v) is 41.7. The lowest BCUT2D eigenvalue weighted by Gasteiger charge is -2.41. The van der Waals surface area contributed by atoms with Crippen LogP contribution in [0.25, 0.3) is 43.1 Å². The maximum Gasteiger partial charge on any atom is 0.333 e. The fourth-order valence-corrected chi connectivity index (χ4v) is 15.5. The van der Waals surface area contributed by atoms with E-state index in [1.807, 2.05) is 125 Å². The molecule has 0 fully saturated rings. The van der Waals surface area contributed by atoms with Gasteiger partial charge in [-0.25, -0.2) is 9.59 Å². The Morgan fingerprint density at radius 3 is 1.03 bits per heavy atom. The molecule has 0 bridgehead atoms. The summed E-state index contributed by atoms with van der Waals surface area (Å²) in [5.41, 5.74) is 3.83. The number of unbranched alkanes of at least 4 members (excludes halogenated alkanes) is 2. The monoisotopic (exact) mass is 1610 g/mol. The van der Waals surface area contributed by atoms with Crippen LogP contribution in [0.3, 0.4) is 0 Å². The Morgan fingerprint density at radius 1 is 0.398 bits per heavy atom. The standard InChI is InChI=1S/C98H118N4O16/c1-21-25-27-73(91(107)99(45-23-3)47-49-111-51-53-113-93(109)59(5)6)101-87(103)69-55-75(115-65-37-29-61(30-38-65)95(9,10)11)81-83-77(117-67-41-33-63(34-42-67)97(15,16)17)57-71-80-72(90(106)102(89(71)105)74(28-26-22-2)92(108)100(46-24-4)48-50-112-52-54-114-94(110)60(7)8)58-78(118-68-43-35-64(36-44-68)98(18,19)20)84(86(80)83)82-76(56-70(88(101)104)79(69)85(81)82)116-66-39-31-62(32-40-66)96(12,13)14/h29-44,55-58,73-74,87,103H,5,7,21-28,45-54H2,1-4,6,8-20H3. The normalized spacial score (nSPS) is 14.3. The minimum absolute atomic E-state index is 0.0285. The second-order valence-corrected chi connectivity index (χ2v) is 35.3. The van der Waals surface area contributed by atoms with Crippen LogP contribution in [0.2, 0.25) is 0 Å². The number of aliphatic hydroxyl groups is 1. The molecule has 0 saturated heterocycles. The Hall–Kier alpha value is -10.7. The lowest BCUT2D eigenvalue weighted by Crippen LogP contribution is -2.55. The molecule has 5 amide bonds. The number of nitrogens with zero attached hydrogens (tertiary/aromatic N) is 4. The average molecular weight is 1610 g/mol. The third-order valence-corrected chi connectivity index (χ3v) is 22.0. The van der Waals surface area contributed by atoms with Crippen LogP contribution in [-0.2, 0) is 59.8 Å². The van der Waals surface area contributed by atoms with Gasteiger partial charge in [-0.1, -0.05) is 198 Å². The number of hydrogen-bond donors (Lipinski definition) is 1. The lowest BCUT2D eigenvalue weighted by molar-refractivity contribution is -0.142. The molecule has 11 rings (SSSR count). The molecule has 9 aromatic carbocycles. The molecular formula is C98H118N4O16. The van der Waals surface area contributed by atoms with Gasteiger partial charge in [0.25, 0.3) is 17.7 Å². The Balaban J connectivity index is 1.26. The van der Waals surface area contributed by atoms with Crippen molar-refractivity contribution < 1.29 is 76.6 Å². The highest BCUT2D eigenvalue weighted by Crippen LogP contribution is 2.59. The molecular weight excluding hydrogens is 1490 g/mol. The van der Waals surface area contributed by atoms with Gasteiger partial charge in [-0.2, -0.15) is 0 Å². The van der Waals surface area contributed by atoms with E-state index in [0.29, 0.717) is 99.2 Å². The topological polar surface area (TPSA) is 227 Å². The Morgan fingerprint density at radius 2 is 0.712 bits per heavy atom. The van der Waals surface area contributed by atoms with E-state index in [2.05, 4.69) is 96.2 Å². The number of hydrogen-bond acceptors (Lipinski definition) is 16. The van der Waals surface area contributed by atoms with Crippen LogP contribution in [-0.4, -0.2) is 144 Å². The van der Waals surface area contributed by atoms with E-state index in [-0.39, 0.29) is 162 Å². The molecule has 0 aliphatic carbocycles. The summed E-state index contributed by atoms with van der Waals surface area (Å²) in [5.74, 6) is -2.15. The van der Waals surface area contributed by atoms with Crippen LogP contribution >= 0.6 is 0 Å². The summed E-state index contributed by atoms with van der Waals surface area (Å²) in [6, 6.07) is 35.0. The number of benzene rings is 9. The van der Waals surface area contributed by atoms with E-state index in [4.69, 9.17) is 37.9 Å². The quantitative estimate of drug-likeness (QED) is 0.00962. The Kier molecular flexibility index (Phi) is 27.4. The van der Waals surface area contributed by atoms with Gasteiger partial charge in [0.15, 0.2) is 6.23 Å². The number of carbonyl (C=O) groups excluding carboxylic acids is 7. The van der Waals surface area contributed by atoms with E-state index < -0.39 is 59.8 Å². The molecule has 118 heavy (non-hydrogen) atoms. The van der Waals surface area contributed by atoms with E-state index in [1.54, 1.807) is 47.9 Å². The Bertz CT molecular complexity index is 5100. The van der Waals surface area contributed by atoms with Crippen molar-refractivity contribution in [3.63, 3.8) is 0 Å². The highest BCUT2D eigenvalue weighted by atomic mass is 16.6. The minimum Gasteiger partial charge on any atom is -0.460 e. The smallest absolute Gasteiger partial charge is 0.333 e. The van der Waals surface area contributed by atoms with E-state index >= 15 is 24.0 Å². The number of fused-ring (bicyclic) bond motifs is 2. The van der Waals surface area contributed by atoms with Crippen LogP contribution < -0.4 is 18.9 Å². The second kappa shape index (κ2) is 36.7. The molecule has 1 N–H and O–H groups in total. The number of ether oxygens (including phenoxy) is 8. The predicted octanol–water partition coefficient (Wildman–Crippen LogP) is 21.0. The van der Waals surface area contributed by atoms with Crippen LogP contribution in [0.1, 0.15) is 241 Å². The molecule has 20 heteroatoms. The van der Waals surface area contributed by atoms with Crippen molar-refractivity contribution >= 4 is 84.6 Å². The number of amides is 5. The fraction of sp³-hybridized carbons (Fsp3) is 0.439. The zero-order chi connectivity index (χ0) is 85.6. The van der Waals surface area contributed by atoms with Crippen molar-refractivity contribution in [3.05, 3.63) is 190 Å². The molecule has 2 aliphatic heterocycles. The zero-order valence-electron chi connectivity index (χ0n) is 72.3. The average Bonchev–Trinajstić information content (AvgIpc) is 0.669. The number of carbonyl (C=O) groups is 7. The van der Waals surface area contributed by atoms with Crippen molar-refractivity contribution in [2.24, 2.45) is 0 Å². The van der Waals surface area contributed by atoms with Gasteiger partial charge >= 0.3 is 11.9 Å². The van der Waals surface area contributed by atoms with Gasteiger partial charge in [0.2, 0.25) is 11.8 Å². The van der Waals surface area contributed by atoms with Crippen molar-refractivity contribution in [2.45, 2.75) is 216 Å². The maximum absolute atomic E-state index is 16.8. The molecule has 0 spiro atoms. The van der Waals surface area contributed by atoms with Crippen LogP contribution in [0.4, 0.5) is 0 Å². The number of esters is 2. The highest BCUT2D eigenvalue weighted by molar-refractivity contribution is 6.43. The maximum atomic E-state index is 16.8. The minimum atomic E-state index is -1.81. The summed E-state index contributed by atoms with van der Waals surface area (Å²) in [4.78, 5) is 112. The first kappa shape index (κ1) is 88.1. The third-order valence-electron chi connectivity index (χ3n) is 22.0. The van der Waals surface area contributed by atoms with Gasteiger partial charge in [-0.05, 0) is 156 Å². The van der Waals surface area contributed by atoms with Gasteiger partial charge < -0.3 is 52.8 Å². The highest BCUT2D eigenvalue weighted by Gasteiger charge is 2.47. The summed E-state index contributed by atoms with van der Waals surface area (Å²) in [5, 5.41) is 16.4. The first-order valence-electron chi connectivity index (χ1n) is 41.7. The van der Waals surface area contributed by atoms with E-state index in [1.165, 1.54) is 4.90 Å². The summed E-state index contributed by atoms with van der Waals surface area (Å²) in [6.45, 7) is 44.6. The molecule has 3 atom stereocenters. The van der Waals surface area contributed by atoms with Crippen molar-refractivity contribution in [3.8, 4) is 46.0 Å². The number of aliphatic hydroxyl groups excluding tert-OH is 1.